The number of methoxy groups -OCH3 is 1. The van der Waals surface area contributed by atoms with Gasteiger partial charge in [-0.1, -0.05) is 0 Å². The SMILES string of the molecule is COC12CCCN1C(=O)CC2. The molecule has 2 saturated heterocycles. The molecule has 0 aromatic carbocycles. The molecule has 0 bridgehead atoms. The van der Waals surface area contributed by atoms with Gasteiger partial charge in [-0.15, -0.1) is 0 Å². The molecule has 2 aliphatic rings. The van der Waals surface area contributed by atoms with E-state index in [4.69, 9.17) is 4.74 Å². The van der Waals surface area contributed by atoms with Crippen LogP contribution in [0.3, 0.4) is 0 Å². The van der Waals surface area contributed by atoms with Gasteiger partial charge in [-0.3, -0.25) is 4.79 Å². The van der Waals surface area contributed by atoms with Gasteiger partial charge in [0.25, 0.3) is 0 Å². The molecule has 0 spiro atoms. The van der Waals surface area contributed by atoms with Gasteiger partial charge in [-0.25, -0.2) is 0 Å². The smallest absolute Gasteiger partial charge is 0.224 e. The van der Waals surface area contributed by atoms with Crippen LogP contribution in [0.15, 0.2) is 0 Å². The van der Waals surface area contributed by atoms with E-state index >= 15 is 0 Å². The normalized spacial score (nSPS) is 36.5. The Morgan fingerprint density at radius 1 is 1.55 bits per heavy atom. The Morgan fingerprint density at radius 3 is 3.00 bits per heavy atom. The quantitative estimate of drug-likeness (QED) is 0.559. The average Bonchev–Trinajstić information content (AvgIpc) is 2.53. The third kappa shape index (κ3) is 0.805. The maximum absolute atomic E-state index is 11.3. The van der Waals surface area contributed by atoms with E-state index in [0.717, 1.165) is 25.8 Å². The number of rotatable bonds is 1. The van der Waals surface area contributed by atoms with Crippen molar-refractivity contribution in [3.8, 4) is 0 Å². The number of fused-ring (bicyclic) bond motifs is 1. The molecule has 0 radical (unpaired) electrons. The van der Waals surface area contributed by atoms with E-state index < -0.39 is 0 Å². The Balaban J connectivity index is 2.25. The van der Waals surface area contributed by atoms with Crippen LogP contribution in [0.1, 0.15) is 25.7 Å². The molecule has 11 heavy (non-hydrogen) atoms. The Bertz CT molecular complexity index is 193. The number of amides is 1. The molecule has 1 atom stereocenters. The van der Waals surface area contributed by atoms with Crippen LogP contribution >= 0.6 is 0 Å². The second-order valence-corrected chi connectivity index (χ2v) is 3.30. The third-order valence-electron chi connectivity index (χ3n) is 2.85. The highest BCUT2D eigenvalue weighted by Gasteiger charge is 2.48. The van der Waals surface area contributed by atoms with E-state index in [-0.39, 0.29) is 11.6 Å². The largest absolute Gasteiger partial charge is 0.359 e. The van der Waals surface area contributed by atoms with E-state index in [1.54, 1.807) is 7.11 Å². The second kappa shape index (κ2) is 2.21. The summed E-state index contributed by atoms with van der Waals surface area (Å²) in [6, 6.07) is 0. The predicted molar refractivity (Wildman–Crippen MR) is 39.9 cm³/mol. The van der Waals surface area contributed by atoms with E-state index in [0.29, 0.717) is 6.42 Å². The van der Waals surface area contributed by atoms with Crippen molar-refractivity contribution in [1.29, 1.82) is 0 Å². The zero-order chi connectivity index (χ0) is 7.90. The van der Waals surface area contributed by atoms with Crippen molar-refractivity contribution >= 4 is 5.91 Å². The van der Waals surface area contributed by atoms with Crippen molar-refractivity contribution in [2.24, 2.45) is 0 Å². The zero-order valence-corrected chi connectivity index (χ0v) is 6.80. The highest BCUT2D eigenvalue weighted by Crippen LogP contribution is 2.39. The number of hydrogen-bond donors (Lipinski definition) is 0. The van der Waals surface area contributed by atoms with Crippen molar-refractivity contribution in [3.05, 3.63) is 0 Å². The van der Waals surface area contributed by atoms with Crippen LogP contribution in [0, 0.1) is 0 Å². The molecule has 0 N–H and O–H groups in total. The molecule has 2 aliphatic heterocycles. The van der Waals surface area contributed by atoms with Gasteiger partial charge in [0.1, 0.15) is 5.72 Å². The van der Waals surface area contributed by atoms with E-state index in [1.807, 2.05) is 4.90 Å². The average molecular weight is 155 g/mol. The second-order valence-electron chi connectivity index (χ2n) is 3.30. The topological polar surface area (TPSA) is 29.5 Å². The van der Waals surface area contributed by atoms with Gasteiger partial charge in [0.2, 0.25) is 5.91 Å². The van der Waals surface area contributed by atoms with E-state index in [1.165, 1.54) is 0 Å². The zero-order valence-electron chi connectivity index (χ0n) is 6.80. The maximum atomic E-state index is 11.3. The molecule has 2 heterocycles. The van der Waals surface area contributed by atoms with Crippen LogP contribution in [0.2, 0.25) is 0 Å². The summed E-state index contributed by atoms with van der Waals surface area (Å²) in [6.07, 6.45) is 3.69. The van der Waals surface area contributed by atoms with Gasteiger partial charge < -0.3 is 9.64 Å². The molecular weight excluding hydrogens is 142 g/mol. The van der Waals surface area contributed by atoms with Gasteiger partial charge in [-0.05, 0) is 12.8 Å². The van der Waals surface area contributed by atoms with Crippen molar-refractivity contribution < 1.29 is 9.53 Å². The lowest BCUT2D eigenvalue weighted by Gasteiger charge is -2.29. The number of nitrogens with zero attached hydrogens (tertiary/aromatic N) is 1. The Labute approximate surface area is 66.3 Å². The molecule has 3 nitrogen and oxygen atoms in total. The Kier molecular flexibility index (Phi) is 1.42. The molecule has 2 fully saturated rings. The van der Waals surface area contributed by atoms with Gasteiger partial charge in [0, 0.05) is 26.5 Å². The molecule has 0 aliphatic carbocycles. The minimum atomic E-state index is -0.197. The number of carbonyl (C=O) groups is 1. The van der Waals surface area contributed by atoms with Gasteiger partial charge in [0.05, 0.1) is 0 Å². The summed E-state index contributed by atoms with van der Waals surface area (Å²) in [6.45, 7) is 0.896. The van der Waals surface area contributed by atoms with Gasteiger partial charge in [-0.2, -0.15) is 0 Å². The summed E-state index contributed by atoms with van der Waals surface area (Å²) >= 11 is 0. The summed E-state index contributed by atoms with van der Waals surface area (Å²) in [7, 11) is 1.71. The molecule has 0 aromatic rings. The van der Waals surface area contributed by atoms with Crippen LogP contribution in [0.25, 0.3) is 0 Å². The minimum Gasteiger partial charge on any atom is -0.359 e. The first kappa shape index (κ1) is 7.10. The molecular formula is C8H13NO2. The summed E-state index contributed by atoms with van der Waals surface area (Å²) in [5.41, 5.74) is -0.197. The summed E-state index contributed by atoms with van der Waals surface area (Å²) in [4.78, 5) is 13.2. The fourth-order valence-electron chi connectivity index (χ4n) is 2.22. The Morgan fingerprint density at radius 2 is 2.36 bits per heavy atom. The molecule has 2 rings (SSSR count). The van der Waals surface area contributed by atoms with Crippen LogP contribution < -0.4 is 0 Å². The Hall–Kier alpha value is -0.570. The number of hydrogen-bond acceptors (Lipinski definition) is 2. The first-order valence-corrected chi connectivity index (χ1v) is 4.14. The minimum absolute atomic E-state index is 0.197. The predicted octanol–water partition coefficient (Wildman–Crippen LogP) is 0.745. The van der Waals surface area contributed by atoms with Crippen LogP contribution in [-0.2, 0) is 9.53 Å². The highest BCUT2D eigenvalue weighted by atomic mass is 16.5. The molecule has 1 unspecified atom stereocenters. The first-order valence-electron chi connectivity index (χ1n) is 4.14. The summed E-state index contributed by atoms with van der Waals surface area (Å²) in [5, 5.41) is 0. The molecule has 1 amide bonds. The number of carbonyl (C=O) groups excluding carboxylic acids is 1. The van der Waals surface area contributed by atoms with Crippen molar-refractivity contribution in [2.45, 2.75) is 31.4 Å². The van der Waals surface area contributed by atoms with E-state index in [9.17, 15) is 4.79 Å². The summed E-state index contributed by atoms with van der Waals surface area (Å²) in [5.74, 6) is 0.268. The summed E-state index contributed by atoms with van der Waals surface area (Å²) < 4.78 is 5.40. The van der Waals surface area contributed by atoms with Crippen molar-refractivity contribution in [1.82, 2.24) is 4.90 Å². The monoisotopic (exact) mass is 155 g/mol. The standard InChI is InChI=1S/C8H13NO2/c1-11-8-4-2-6-9(8)7(10)3-5-8/h2-6H2,1H3. The van der Waals surface area contributed by atoms with Crippen molar-refractivity contribution in [3.63, 3.8) is 0 Å². The lowest BCUT2D eigenvalue weighted by molar-refractivity contribution is -0.143. The van der Waals surface area contributed by atoms with Gasteiger partial charge in [0.15, 0.2) is 0 Å². The maximum Gasteiger partial charge on any atom is 0.224 e. The fourth-order valence-corrected chi connectivity index (χ4v) is 2.22. The third-order valence-corrected chi connectivity index (χ3v) is 2.85. The van der Waals surface area contributed by atoms with Crippen LogP contribution in [-0.4, -0.2) is 30.2 Å². The lowest BCUT2D eigenvalue weighted by atomic mass is 10.1. The number of ether oxygens (including phenoxy) is 1. The molecule has 0 saturated carbocycles. The van der Waals surface area contributed by atoms with E-state index in [2.05, 4.69) is 0 Å². The van der Waals surface area contributed by atoms with Crippen molar-refractivity contribution in [2.75, 3.05) is 13.7 Å². The first-order chi connectivity index (χ1) is 5.28. The highest BCUT2D eigenvalue weighted by molar-refractivity contribution is 5.79. The van der Waals surface area contributed by atoms with Crippen LogP contribution in [0.5, 0.6) is 0 Å². The fraction of sp³-hybridized carbons (Fsp3) is 0.875. The molecule has 0 aromatic heterocycles. The van der Waals surface area contributed by atoms with Gasteiger partial charge >= 0.3 is 0 Å². The lowest BCUT2D eigenvalue weighted by Crippen LogP contribution is -2.41. The molecule has 3 heteroatoms. The van der Waals surface area contributed by atoms with Crippen LogP contribution in [0.4, 0.5) is 0 Å². The molecule has 62 valence electrons.